The molecule has 4 nitrogen and oxygen atoms in total. The van der Waals surface area contributed by atoms with Crippen LogP contribution in [0.15, 0.2) is 41.3 Å². The lowest BCUT2D eigenvalue weighted by Gasteiger charge is -2.08. The topological polar surface area (TPSA) is 55.4 Å². The van der Waals surface area contributed by atoms with E-state index < -0.39 is 24.3 Å². The van der Waals surface area contributed by atoms with Crippen LogP contribution in [0, 0.1) is 19.7 Å². The van der Waals surface area contributed by atoms with Crippen LogP contribution in [0.5, 0.6) is 0 Å². The van der Waals surface area contributed by atoms with E-state index in [1.165, 1.54) is 23.9 Å². The highest BCUT2D eigenvalue weighted by molar-refractivity contribution is 8.00. The van der Waals surface area contributed by atoms with Crippen LogP contribution in [0.3, 0.4) is 0 Å². The Labute approximate surface area is 154 Å². The van der Waals surface area contributed by atoms with E-state index in [0.29, 0.717) is 0 Å². The number of aryl methyl sites for hydroxylation is 2. The molecule has 7 heteroatoms. The summed E-state index contributed by atoms with van der Waals surface area (Å²) in [5, 5.41) is 2.55. The van der Waals surface area contributed by atoms with Gasteiger partial charge in [0.05, 0.1) is 11.4 Å². The molecule has 2 aromatic rings. The Hall–Kier alpha value is -2.05. The van der Waals surface area contributed by atoms with Gasteiger partial charge in [0.25, 0.3) is 5.91 Å². The first-order valence-electron chi connectivity index (χ1n) is 7.45. The molecular weight excluding hydrogens is 365 g/mol. The molecule has 132 valence electrons. The van der Waals surface area contributed by atoms with Gasteiger partial charge in [0.15, 0.2) is 6.61 Å². The average molecular weight is 382 g/mol. The van der Waals surface area contributed by atoms with E-state index in [9.17, 15) is 14.0 Å². The highest BCUT2D eigenvalue weighted by Crippen LogP contribution is 2.23. The van der Waals surface area contributed by atoms with Crippen molar-refractivity contribution in [3.8, 4) is 0 Å². The minimum Gasteiger partial charge on any atom is -0.455 e. The lowest BCUT2D eigenvalue weighted by atomic mass is 10.2. The Morgan fingerprint density at radius 3 is 2.64 bits per heavy atom. The molecule has 0 bridgehead atoms. The summed E-state index contributed by atoms with van der Waals surface area (Å²) in [6.45, 7) is 3.49. The molecule has 0 saturated carbocycles. The van der Waals surface area contributed by atoms with Gasteiger partial charge in [0.1, 0.15) is 5.82 Å². The van der Waals surface area contributed by atoms with Crippen LogP contribution in [0.1, 0.15) is 11.1 Å². The molecule has 0 aliphatic carbocycles. The van der Waals surface area contributed by atoms with Crippen molar-refractivity contribution in [1.29, 1.82) is 0 Å². The SMILES string of the molecule is Cc1ccc(SCC(=O)OCC(=O)Nc2ccc(Cl)cc2F)c(C)c1. The fourth-order valence-corrected chi connectivity index (χ4v) is 3.03. The number of hydrogen-bond donors (Lipinski definition) is 1. The number of carbonyl (C=O) groups is 2. The number of anilines is 1. The Morgan fingerprint density at radius 1 is 1.20 bits per heavy atom. The summed E-state index contributed by atoms with van der Waals surface area (Å²) >= 11 is 6.98. The van der Waals surface area contributed by atoms with Crippen LogP contribution in [0.25, 0.3) is 0 Å². The molecule has 0 spiro atoms. The molecular formula is C18H17ClFNO3S. The molecule has 2 aromatic carbocycles. The average Bonchev–Trinajstić information content (AvgIpc) is 2.55. The first-order valence-corrected chi connectivity index (χ1v) is 8.82. The van der Waals surface area contributed by atoms with Crippen molar-refractivity contribution in [2.75, 3.05) is 17.7 Å². The van der Waals surface area contributed by atoms with Gasteiger partial charge in [-0.2, -0.15) is 0 Å². The number of amides is 1. The Balaban J connectivity index is 1.78. The maximum atomic E-state index is 13.6. The van der Waals surface area contributed by atoms with Crippen LogP contribution < -0.4 is 5.32 Å². The third-order valence-corrected chi connectivity index (χ3v) is 4.63. The number of halogens is 2. The van der Waals surface area contributed by atoms with Crippen LogP contribution in [0.4, 0.5) is 10.1 Å². The summed E-state index contributed by atoms with van der Waals surface area (Å²) in [6.07, 6.45) is 0. The summed E-state index contributed by atoms with van der Waals surface area (Å²) in [4.78, 5) is 24.5. The van der Waals surface area contributed by atoms with Gasteiger partial charge < -0.3 is 10.1 Å². The smallest absolute Gasteiger partial charge is 0.316 e. The summed E-state index contributed by atoms with van der Waals surface area (Å²) in [5.74, 6) is -1.70. The number of carbonyl (C=O) groups excluding carboxylic acids is 2. The second kappa shape index (κ2) is 8.87. The summed E-state index contributed by atoms with van der Waals surface area (Å²) < 4.78 is 18.5. The fourth-order valence-electron chi connectivity index (χ4n) is 2.06. The first-order chi connectivity index (χ1) is 11.8. The molecule has 0 aliphatic heterocycles. The molecule has 0 heterocycles. The van der Waals surface area contributed by atoms with Gasteiger partial charge in [-0.15, -0.1) is 11.8 Å². The number of ether oxygens (including phenoxy) is 1. The molecule has 25 heavy (non-hydrogen) atoms. The van der Waals surface area contributed by atoms with E-state index >= 15 is 0 Å². The molecule has 0 radical (unpaired) electrons. The molecule has 0 saturated heterocycles. The zero-order valence-electron chi connectivity index (χ0n) is 13.8. The quantitative estimate of drug-likeness (QED) is 0.596. The zero-order valence-corrected chi connectivity index (χ0v) is 15.3. The molecule has 2 rings (SSSR count). The first kappa shape index (κ1) is 19.3. The Kier molecular flexibility index (Phi) is 6.84. The standard InChI is InChI=1S/C18H17ClFNO3S/c1-11-3-6-16(12(2)7-11)25-10-18(23)24-9-17(22)21-15-5-4-13(19)8-14(15)20/h3-8H,9-10H2,1-2H3,(H,21,22). The van der Waals surface area contributed by atoms with Gasteiger partial charge >= 0.3 is 5.97 Å². The Bertz CT molecular complexity index is 798. The van der Waals surface area contributed by atoms with E-state index in [0.717, 1.165) is 22.1 Å². The number of benzene rings is 2. The lowest BCUT2D eigenvalue weighted by molar-refractivity contribution is -0.144. The lowest BCUT2D eigenvalue weighted by Crippen LogP contribution is -2.22. The molecule has 1 N–H and O–H groups in total. The van der Waals surface area contributed by atoms with Crippen LogP contribution >= 0.6 is 23.4 Å². The van der Waals surface area contributed by atoms with E-state index in [4.69, 9.17) is 16.3 Å². The summed E-state index contributed by atoms with van der Waals surface area (Å²) in [5.41, 5.74) is 2.21. The van der Waals surface area contributed by atoms with Crippen molar-refractivity contribution in [2.45, 2.75) is 18.7 Å². The fraction of sp³-hybridized carbons (Fsp3) is 0.222. The maximum absolute atomic E-state index is 13.6. The predicted octanol–water partition coefficient (Wildman–Crippen LogP) is 4.37. The number of rotatable bonds is 6. The van der Waals surface area contributed by atoms with Gasteiger partial charge in [-0.25, -0.2) is 4.39 Å². The van der Waals surface area contributed by atoms with E-state index in [1.807, 2.05) is 32.0 Å². The largest absolute Gasteiger partial charge is 0.455 e. The maximum Gasteiger partial charge on any atom is 0.316 e. The molecule has 0 aromatic heterocycles. The molecule has 0 atom stereocenters. The van der Waals surface area contributed by atoms with Gasteiger partial charge in [-0.3, -0.25) is 9.59 Å². The number of hydrogen-bond acceptors (Lipinski definition) is 4. The van der Waals surface area contributed by atoms with Gasteiger partial charge in [0, 0.05) is 9.92 Å². The van der Waals surface area contributed by atoms with E-state index in [-0.39, 0.29) is 16.5 Å². The van der Waals surface area contributed by atoms with Crippen LogP contribution in [0.2, 0.25) is 5.02 Å². The summed E-state index contributed by atoms with van der Waals surface area (Å²) in [7, 11) is 0. The molecule has 0 fully saturated rings. The van der Waals surface area contributed by atoms with Crippen molar-refractivity contribution in [3.05, 3.63) is 58.4 Å². The third-order valence-electron chi connectivity index (χ3n) is 3.25. The van der Waals surface area contributed by atoms with Crippen molar-refractivity contribution < 1.29 is 18.7 Å². The second-order valence-corrected chi connectivity index (χ2v) is 6.84. The number of nitrogens with one attached hydrogen (secondary N) is 1. The molecule has 1 amide bonds. The number of esters is 1. The van der Waals surface area contributed by atoms with Gasteiger partial charge in [-0.1, -0.05) is 29.3 Å². The van der Waals surface area contributed by atoms with Crippen molar-refractivity contribution >= 4 is 40.9 Å². The van der Waals surface area contributed by atoms with Crippen LogP contribution in [-0.4, -0.2) is 24.2 Å². The third kappa shape index (κ3) is 6.07. The Morgan fingerprint density at radius 2 is 1.96 bits per heavy atom. The molecule has 0 unspecified atom stereocenters. The van der Waals surface area contributed by atoms with Crippen LogP contribution in [-0.2, 0) is 14.3 Å². The van der Waals surface area contributed by atoms with E-state index in [1.54, 1.807) is 0 Å². The second-order valence-electron chi connectivity index (χ2n) is 5.39. The van der Waals surface area contributed by atoms with E-state index in [2.05, 4.69) is 5.32 Å². The minimum absolute atomic E-state index is 0.0184. The van der Waals surface area contributed by atoms with Gasteiger partial charge in [0.2, 0.25) is 0 Å². The van der Waals surface area contributed by atoms with Crippen molar-refractivity contribution in [3.63, 3.8) is 0 Å². The highest BCUT2D eigenvalue weighted by Gasteiger charge is 2.11. The molecule has 0 aliphatic rings. The minimum atomic E-state index is -0.655. The number of thioether (sulfide) groups is 1. The monoisotopic (exact) mass is 381 g/mol. The highest BCUT2D eigenvalue weighted by atomic mass is 35.5. The summed E-state index contributed by atoms with van der Waals surface area (Å²) in [6, 6.07) is 9.82. The van der Waals surface area contributed by atoms with Crippen molar-refractivity contribution in [2.24, 2.45) is 0 Å². The van der Waals surface area contributed by atoms with Gasteiger partial charge in [-0.05, 0) is 43.7 Å². The predicted molar refractivity (Wildman–Crippen MR) is 97.6 cm³/mol. The van der Waals surface area contributed by atoms with Crippen molar-refractivity contribution in [1.82, 2.24) is 0 Å². The normalized spacial score (nSPS) is 10.4. The zero-order chi connectivity index (χ0) is 18.4.